The molecule has 3 atom stereocenters. The number of amides is 2. The van der Waals surface area contributed by atoms with Crippen molar-refractivity contribution in [2.75, 3.05) is 6.54 Å². The summed E-state index contributed by atoms with van der Waals surface area (Å²) in [6, 6.07) is -0.350. The zero-order valence-electron chi connectivity index (χ0n) is 18.1. The van der Waals surface area contributed by atoms with E-state index in [1.165, 1.54) is 6.08 Å². The molecule has 0 unspecified atom stereocenters. The van der Waals surface area contributed by atoms with Gasteiger partial charge in [0.1, 0.15) is 0 Å². The van der Waals surface area contributed by atoms with E-state index in [1.54, 1.807) is 12.2 Å². The fourth-order valence-corrected chi connectivity index (χ4v) is 3.11. The molecule has 0 bridgehead atoms. The molecule has 0 aliphatic carbocycles. The van der Waals surface area contributed by atoms with Gasteiger partial charge in [-0.1, -0.05) is 59.8 Å². The van der Waals surface area contributed by atoms with Crippen molar-refractivity contribution in [2.24, 2.45) is 17.8 Å². The van der Waals surface area contributed by atoms with E-state index in [4.69, 9.17) is 0 Å². The fourth-order valence-electron chi connectivity index (χ4n) is 3.11. The van der Waals surface area contributed by atoms with Crippen LogP contribution in [0.25, 0.3) is 0 Å². The lowest BCUT2D eigenvalue weighted by Crippen LogP contribution is -2.46. The van der Waals surface area contributed by atoms with Crippen LogP contribution in [-0.4, -0.2) is 42.3 Å². The highest BCUT2D eigenvalue weighted by molar-refractivity contribution is 5.91. The summed E-state index contributed by atoms with van der Waals surface area (Å²) in [6.07, 6.45) is 7.63. The summed E-state index contributed by atoms with van der Waals surface area (Å²) in [7, 11) is 0. The molecule has 0 aromatic carbocycles. The topological polar surface area (TPSA) is 87.3 Å². The van der Waals surface area contributed by atoms with Crippen LogP contribution < -0.4 is 16.0 Å². The van der Waals surface area contributed by atoms with E-state index in [-0.39, 0.29) is 54.0 Å². The molecule has 28 heavy (non-hydrogen) atoms. The summed E-state index contributed by atoms with van der Waals surface area (Å²) in [5.74, 6) is -0.545. The van der Waals surface area contributed by atoms with Gasteiger partial charge in [0.15, 0.2) is 5.78 Å². The molecular formula is C22H37N3O3. The van der Waals surface area contributed by atoms with E-state index in [9.17, 15) is 14.4 Å². The zero-order valence-corrected chi connectivity index (χ0v) is 18.1. The maximum atomic E-state index is 12.9. The Morgan fingerprint density at radius 1 is 1.14 bits per heavy atom. The Morgan fingerprint density at radius 3 is 2.39 bits per heavy atom. The highest BCUT2D eigenvalue weighted by atomic mass is 16.2. The Bertz CT molecular complexity index is 594. The van der Waals surface area contributed by atoms with E-state index in [0.29, 0.717) is 13.0 Å². The van der Waals surface area contributed by atoms with E-state index in [2.05, 4.69) is 16.0 Å². The molecule has 1 aliphatic rings. The van der Waals surface area contributed by atoms with Crippen LogP contribution in [0, 0.1) is 17.8 Å². The molecule has 0 saturated carbocycles. The Morgan fingerprint density at radius 2 is 1.82 bits per heavy atom. The SMILES string of the molecule is CC(C)N[C@H](C(=O)C[C@H]1/C=C/CCNC(=O)/C=C/[C@H](C(C)C)NC1=O)C(C)C. The molecule has 158 valence electrons. The molecule has 0 spiro atoms. The average molecular weight is 392 g/mol. The summed E-state index contributed by atoms with van der Waals surface area (Å²) < 4.78 is 0. The van der Waals surface area contributed by atoms with Crippen molar-refractivity contribution in [2.45, 2.75) is 72.5 Å². The van der Waals surface area contributed by atoms with E-state index in [0.717, 1.165) is 0 Å². The number of Topliss-reactive ketones (excluding diaryl/α,β-unsaturated/α-hetero) is 1. The van der Waals surface area contributed by atoms with Crippen LogP contribution in [0.5, 0.6) is 0 Å². The number of carbonyl (C=O) groups is 3. The van der Waals surface area contributed by atoms with Gasteiger partial charge in [-0.15, -0.1) is 0 Å². The molecule has 2 amide bonds. The van der Waals surface area contributed by atoms with Crippen molar-refractivity contribution in [1.29, 1.82) is 0 Å². The molecule has 1 heterocycles. The number of nitrogens with one attached hydrogen (secondary N) is 3. The highest BCUT2D eigenvalue weighted by Crippen LogP contribution is 2.15. The van der Waals surface area contributed by atoms with Crippen LogP contribution in [0.4, 0.5) is 0 Å². The van der Waals surface area contributed by atoms with Crippen molar-refractivity contribution in [3.63, 3.8) is 0 Å². The first-order chi connectivity index (χ1) is 13.1. The van der Waals surface area contributed by atoms with Crippen molar-refractivity contribution in [3.8, 4) is 0 Å². The molecular weight excluding hydrogens is 354 g/mol. The summed E-state index contributed by atoms with van der Waals surface area (Å²) in [4.78, 5) is 37.6. The van der Waals surface area contributed by atoms with Gasteiger partial charge in [-0.05, 0) is 18.3 Å². The van der Waals surface area contributed by atoms with E-state index < -0.39 is 5.92 Å². The molecule has 0 fully saturated rings. The fraction of sp³-hybridized carbons (Fsp3) is 0.682. The van der Waals surface area contributed by atoms with Crippen LogP contribution in [-0.2, 0) is 14.4 Å². The average Bonchev–Trinajstić information content (AvgIpc) is 2.59. The molecule has 0 aromatic rings. The second-order valence-corrected chi connectivity index (χ2v) is 8.47. The van der Waals surface area contributed by atoms with Crippen molar-refractivity contribution >= 4 is 17.6 Å². The van der Waals surface area contributed by atoms with Gasteiger partial charge >= 0.3 is 0 Å². The molecule has 0 saturated heterocycles. The quantitative estimate of drug-likeness (QED) is 0.582. The summed E-state index contributed by atoms with van der Waals surface area (Å²) >= 11 is 0. The molecule has 6 nitrogen and oxygen atoms in total. The predicted molar refractivity (Wildman–Crippen MR) is 113 cm³/mol. The first-order valence-corrected chi connectivity index (χ1v) is 10.3. The lowest BCUT2D eigenvalue weighted by Gasteiger charge is -2.26. The third kappa shape index (κ3) is 8.38. The Kier molecular flexibility index (Phi) is 10.1. The van der Waals surface area contributed by atoms with Crippen molar-refractivity contribution in [3.05, 3.63) is 24.3 Å². The Balaban J connectivity index is 2.99. The largest absolute Gasteiger partial charge is 0.352 e. The third-order valence-corrected chi connectivity index (χ3v) is 4.75. The molecule has 1 aliphatic heterocycles. The molecule has 0 aromatic heterocycles. The second kappa shape index (κ2) is 11.8. The summed E-state index contributed by atoms with van der Waals surface area (Å²) in [6.45, 7) is 12.5. The molecule has 1 rings (SSSR count). The lowest BCUT2D eigenvalue weighted by atomic mass is 9.90. The monoisotopic (exact) mass is 391 g/mol. The van der Waals surface area contributed by atoms with Gasteiger partial charge in [0, 0.05) is 31.1 Å². The van der Waals surface area contributed by atoms with Gasteiger partial charge < -0.3 is 16.0 Å². The predicted octanol–water partition coefficient (Wildman–Crippen LogP) is 2.36. The first kappa shape index (κ1) is 24.1. The van der Waals surface area contributed by atoms with Gasteiger partial charge in [0.05, 0.1) is 12.0 Å². The first-order valence-electron chi connectivity index (χ1n) is 10.3. The van der Waals surface area contributed by atoms with Crippen molar-refractivity contribution < 1.29 is 14.4 Å². The van der Waals surface area contributed by atoms with Crippen LogP contribution >= 0.6 is 0 Å². The lowest BCUT2D eigenvalue weighted by molar-refractivity contribution is -0.129. The molecule has 3 N–H and O–H groups in total. The van der Waals surface area contributed by atoms with Gasteiger partial charge in [-0.3, -0.25) is 14.4 Å². The summed E-state index contributed by atoms with van der Waals surface area (Å²) in [5.41, 5.74) is 0. The smallest absolute Gasteiger partial charge is 0.243 e. The standard InChI is InChI=1S/C22H37N3O3/c1-14(2)18-10-11-20(27)23-12-8-7-9-17(22(28)25-18)13-19(26)21(15(3)4)24-16(5)6/h7,9-11,14-18,21,24H,8,12-13H2,1-6H3,(H,23,27)(H,25,28)/b9-7+,11-10+/t17-,18-,21+/m1/s1. The number of hydrogen-bond acceptors (Lipinski definition) is 4. The minimum atomic E-state index is -0.521. The van der Waals surface area contributed by atoms with Gasteiger partial charge in [0.25, 0.3) is 0 Å². The minimum Gasteiger partial charge on any atom is -0.352 e. The highest BCUT2D eigenvalue weighted by Gasteiger charge is 2.28. The zero-order chi connectivity index (χ0) is 21.3. The molecule has 6 heteroatoms. The van der Waals surface area contributed by atoms with Gasteiger partial charge in [0.2, 0.25) is 11.8 Å². The number of ketones is 1. The van der Waals surface area contributed by atoms with Crippen LogP contribution in [0.2, 0.25) is 0 Å². The van der Waals surface area contributed by atoms with Gasteiger partial charge in [-0.25, -0.2) is 0 Å². The van der Waals surface area contributed by atoms with Crippen LogP contribution in [0.15, 0.2) is 24.3 Å². The number of rotatable bonds is 7. The second-order valence-electron chi connectivity index (χ2n) is 8.47. The van der Waals surface area contributed by atoms with Crippen LogP contribution in [0.3, 0.4) is 0 Å². The minimum absolute atomic E-state index is 0.0468. The normalized spacial score (nSPS) is 24.9. The summed E-state index contributed by atoms with van der Waals surface area (Å²) in [5, 5.41) is 9.12. The van der Waals surface area contributed by atoms with Crippen LogP contribution in [0.1, 0.15) is 54.4 Å². The molecule has 0 radical (unpaired) electrons. The maximum absolute atomic E-state index is 12.9. The third-order valence-electron chi connectivity index (χ3n) is 4.75. The number of hydrogen-bond donors (Lipinski definition) is 3. The van der Waals surface area contributed by atoms with E-state index in [1.807, 2.05) is 47.6 Å². The Hall–Kier alpha value is -1.95. The van der Waals surface area contributed by atoms with E-state index >= 15 is 0 Å². The number of carbonyl (C=O) groups excluding carboxylic acids is 3. The van der Waals surface area contributed by atoms with Gasteiger partial charge in [-0.2, -0.15) is 0 Å². The van der Waals surface area contributed by atoms with Crippen molar-refractivity contribution in [1.82, 2.24) is 16.0 Å². The Labute approximate surface area is 169 Å². The maximum Gasteiger partial charge on any atom is 0.243 e.